The molecule has 0 saturated carbocycles. The average Bonchev–Trinajstić information content (AvgIpc) is 3.17. The summed E-state index contributed by atoms with van der Waals surface area (Å²) in [6.07, 6.45) is 1.94. The first-order valence-corrected chi connectivity index (χ1v) is 12.3. The molecule has 2 heterocycles. The summed E-state index contributed by atoms with van der Waals surface area (Å²) in [4.78, 5) is 29.0. The summed E-state index contributed by atoms with van der Waals surface area (Å²) in [5.41, 5.74) is 1.96. The minimum absolute atomic E-state index is 0.0537. The number of halogens is 1. The van der Waals surface area contributed by atoms with Crippen LogP contribution in [0, 0.1) is 0 Å². The lowest BCUT2D eigenvalue weighted by Crippen LogP contribution is -2.29. The van der Waals surface area contributed by atoms with E-state index in [0.29, 0.717) is 39.7 Å². The standard InChI is InChI=1S/C29H26ClNO5/c1-3-4-15-35-23-14-13-18(16-24(23)34-2)26-25-27(32)20-10-6-8-12-22(20)36-28(25)29(33)31(26)17-19-9-5-7-11-21(19)30/h5-14,16,26H,3-4,15,17H2,1-2H3. The highest BCUT2D eigenvalue weighted by Gasteiger charge is 2.43. The summed E-state index contributed by atoms with van der Waals surface area (Å²) in [5, 5.41) is 0.974. The van der Waals surface area contributed by atoms with Crippen LogP contribution in [0.2, 0.25) is 5.02 Å². The molecule has 0 fully saturated rings. The molecule has 1 unspecified atom stereocenters. The van der Waals surface area contributed by atoms with E-state index in [9.17, 15) is 9.59 Å². The largest absolute Gasteiger partial charge is 0.493 e. The first kappa shape index (κ1) is 23.9. The summed E-state index contributed by atoms with van der Waals surface area (Å²) in [5.74, 6) is 0.841. The number of rotatable bonds is 8. The van der Waals surface area contributed by atoms with E-state index in [-0.39, 0.29) is 23.6 Å². The highest BCUT2D eigenvalue weighted by atomic mass is 35.5. The first-order valence-electron chi connectivity index (χ1n) is 11.9. The molecule has 4 aromatic rings. The summed E-state index contributed by atoms with van der Waals surface area (Å²) < 4.78 is 17.5. The normalized spacial score (nSPS) is 14.8. The van der Waals surface area contributed by atoms with E-state index in [1.165, 1.54) is 0 Å². The van der Waals surface area contributed by atoms with Crippen LogP contribution < -0.4 is 14.9 Å². The Balaban J connectivity index is 1.66. The first-order chi connectivity index (χ1) is 17.5. The number of carbonyl (C=O) groups excluding carboxylic acids is 1. The Kier molecular flexibility index (Phi) is 6.70. The molecule has 6 nitrogen and oxygen atoms in total. The third-order valence-electron chi connectivity index (χ3n) is 6.43. The number of hydrogen-bond acceptors (Lipinski definition) is 5. The van der Waals surface area contributed by atoms with Gasteiger partial charge in [0.15, 0.2) is 16.9 Å². The van der Waals surface area contributed by atoms with E-state index >= 15 is 0 Å². The van der Waals surface area contributed by atoms with Gasteiger partial charge in [-0.15, -0.1) is 0 Å². The van der Waals surface area contributed by atoms with E-state index in [0.717, 1.165) is 24.0 Å². The molecular weight excluding hydrogens is 478 g/mol. The SMILES string of the molecule is CCCCOc1ccc(C2c3c(oc4ccccc4c3=O)C(=O)N2Cc2ccccc2Cl)cc1OC. The molecule has 1 aromatic heterocycles. The van der Waals surface area contributed by atoms with Crippen LogP contribution in [0.1, 0.15) is 53.1 Å². The molecule has 0 N–H and O–H groups in total. The highest BCUT2D eigenvalue weighted by Crippen LogP contribution is 2.42. The van der Waals surface area contributed by atoms with Crippen LogP contribution in [-0.2, 0) is 6.54 Å². The molecule has 184 valence electrons. The Hall–Kier alpha value is -3.77. The van der Waals surface area contributed by atoms with Crippen molar-refractivity contribution in [2.24, 2.45) is 0 Å². The number of hydrogen-bond donors (Lipinski definition) is 0. The fourth-order valence-corrected chi connectivity index (χ4v) is 4.78. The van der Waals surface area contributed by atoms with Crippen LogP contribution in [0.3, 0.4) is 0 Å². The predicted molar refractivity (Wildman–Crippen MR) is 139 cm³/mol. The number of amides is 1. The van der Waals surface area contributed by atoms with Crippen LogP contribution in [0.15, 0.2) is 75.9 Å². The van der Waals surface area contributed by atoms with Gasteiger partial charge in [-0.05, 0) is 47.9 Å². The summed E-state index contributed by atoms with van der Waals surface area (Å²) in [7, 11) is 1.57. The van der Waals surface area contributed by atoms with Crippen LogP contribution in [0.25, 0.3) is 11.0 Å². The fraction of sp³-hybridized carbons (Fsp3) is 0.241. The van der Waals surface area contributed by atoms with Crippen LogP contribution >= 0.6 is 11.6 Å². The average molecular weight is 504 g/mol. The van der Waals surface area contributed by atoms with Gasteiger partial charge in [0.25, 0.3) is 5.91 Å². The second-order valence-electron chi connectivity index (χ2n) is 8.71. The van der Waals surface area contributed by atoms with Crippen LogP contribution in [-0.4, -0.2) is 24.5 Å². The summed E-state index contributed by atoms with van der Waals surface area (Å²) >= 11 is 6.44. The van der Waals surface area contributed by atoms with Crippen LogP contribution in [0.4, 0.5) is 0 Å². The molecule has 0 aliphatic carbocycles. The van der Waals surface area contributed by atoms with Crippen molar-refractivity contribution in [2.45, 2.75) is 32.4 Å². The van der Waals surface area contributed by atoms with Crippen molar-refractivity contribution < 1.29 is 18.7 Å². The van der Waals surface area contributed by atoms with Gasteiger partial charge in [-0.1, -0.05) is 61.3 Å². The maximum absolute atomic E-state index is 13.7. The zero-order chi connectivity index (χ0) is 25.2. The van der Waals surface area contributed by atoms with Gasteiger partial charge < -0.3 is 18.8 Å². The van der Waals surface area contributed by atoms with Crippen molar-refractivity contribution >= 4 is 28.5 Å². The van der Waals surface area contributed by atoms with Gasteiger partial charge in [0.1, 0.15) is 5.58 Å². The quantitative estimate of drug-likeness (QED) is 0.261. The van der Waals surface area contributed by atoms with Crippen molar-refractivity contribution in [2.75, 3.05) is 13.7 Å². The van der Waals surface area contributed by atoms with Crippen molar-refractivity contribution in [1.29, 1.82) is 0 Å². The van der Waals surface area contributed by atoms with Gasteiger partial charge in [0.05, 0.1) is 30.7 Å². The van der Waals surface area contributed by atoms with Crippen molar-refractivity contribution in [3.05, 3.63) is 104 Å². The molecule has 0 spiro atoms. The van der Waals surface area contributed by atoms with Gasteiger partial charge in [-0.3, -0.25) is 9.59 Å². The summed E-state index contributed by atoms with van der Waals surface area (Å²) in [6, 6.07) is 19.2. The summed E-state index contributed by atoms with van der Waals surface area (Å²) in [6.45, 7) is 2.88. The van der Waals surface area contributed by atoms with Crippen molar-refractivity contribution in [3.63, 3.8) is 0 Å². The molecule has 1 aliphatic heterocycles. The molecule has 1 amide bonds. The Morgan fingerprint density at radius 1 is 1.00 bits per heavy atom. The van der Waals surface area contributed by atoms with Crippen LogP contribution in [0.5, 0.6) is 11.5 Å². The van der Waals surface area contributed by atoms with Gasteiger partial charge in [0.2, 0.25) is 5.76 Å². The smallest absolute Gasteiger partial charge is 0.291 e. The molecule has 7 heteroatoms. The van der Waals surface area contributed by atoms with E-state index in [1.807, 2.05) is 36.4 Å². The number of carbonyl (C=O) groups is 1. The highest BCUT2D eigenvalue weighted by molar-refractivity contribution is 6.31. The topological polar surface area (TPSA) is 69.0 Å². The zero-order valence-corrected chi connectivity index (χ0v) is 20.9. The van der Waals surface area contributed by atoms with E-state index < -0.39 is 6.04 Å². The molecular formula is C29H26ClNO5. The Morgan fingerprint density at radius 2 is 1.78 bits per heavy atom. The number of fused-ring (bicyclic) bond motifs is 2. The lowest BCUT2D eigenvalue weighted by atomic mass is 9.97. The van der Waals surface area contributed by atoms with Crippen molar-refractivity contribution in [3.8, 4) is 11.5 Å². The second kappa shape index (κ2) is 10.1. The third kappa shape index (κ3) is 4.22. The Labute approximate surface area is 214 Å². The number of nitrogens with zero attached hydrogens (tertiary/aromatic N) is 1. The lowest BCUT2D eigenvalue weighted by molar-refractivity contribution is 0.0714. The third-order valence-corrected chi connectivity index (χ3v) is 6.80. The number of para-hydroxylation sites is 1. The second-order valence-corrected chi connectivity index (χ2v) is 9.12. The van der Waals surface area contributed by atoms with E-state index in [4.69, 9.17) is 25.5 Å². The minimum Gasteiger partial charge on any atom is -0.493 e. The molecule has 1 aliphatic rings. The molecule has 5 rings (SSSR count). The number of benzene rings is 3. The number of methoxy groups -OCH3 is 1. The molecule has 0 saturated heterocycles. The van der Waals surface area contributed by atoms with Gasteiger partial charge in [0, 0.05) is 11.6 Å². The molecule has 0 radical (unpaired) electrons. The number of unbranched alkanes of at least 4 members (excludes halogenated alkanes) is 1. The van der Waals surface area contributed by atoms with E-state index in [1.54, 1.807) is 42.3 Å². The lowest BCUT2D eigenvalue weighted by Gasteiger charge is -2.26. The van der Waals surface area contributed by atoms with Gasteiger partial charge in [-0.2, -0.15) is 0 Å². The Morgan fingerprint density at radius 3 is 2.56 bits per heavy atom. The predicted octanol–water partition coefficient (Wildman–Crippen LogP) is 6.38. The molecule has 3 aromatic carbocycles. The zero-order valence-electron chi connectivity index (χ0n) is 20.1. The molecule has 0 bridgehead atoms. The van der Waals surface area contributed by atoms with Gasteiger partial charge in [-0.25, -0.2) is 0 Å². The molecule has 36 heavy (non-hydrogen) atoms. The minimum atomic E-state index is -0.678. The monoisotopic (exact) mass is 503 g/mol. The fourth-order valence-electron chi connectivity index (χ4n) is 4.59. The molecule has 1 atom stereocenters. The maximum Gasteiger partial charge on any atom is 0.291 e. The van der Waals surface area contributed by atoms with Gasteiger partial charge >= 0.3 is 0 Å². The van der Waals surface area contributed by atoms with Crippen molar-refractivity contribution in [1.82, 2.24) is 4.90 Å². The maximum atomic E-state index is 13.7. The van der Waals surface area contributed by atoms with E-state index in [2.05, 4.69) is 6.92 Å². The number of ether oxygens (including phenoxy) is 2. The Bertz CT molecular complexity index is 1500.